The Morgan fingerprint density at radius 3 is 2.39 bits per heavy atom. The second kappa shape index (κ2) is 5.11. The lowest BCUT2D eigenvalue weighted by molar-refractivity contribution is 0.0707. The van der Waals surface area contributed by atoms with Crippen LogP contribution in [0.2, 0.25) is 0 Å². The molecule has 1 heterocycles. The Balaban J connectivity index is 3.19. The van der Waals surface area contributed by atoms with Gasteiger partial charge in [-0.3, -0.25) is 4.79 Å². The van der Waals surface area contributed by atoms with Gasteiger partial charge in [-0.15, -0.1) is 0 Å². The molecule has 0 unspecified atom stereocenters. The first-order valence-electron chi connectivity index (χ1n) is 5.68. The van der Waals surface area contributed by atoms with Gasteiger partial charge in [0.25, 0.3) is 5.91 Å². The number of carbonyl (C=O) groups is 1. The normalized spacial score (nSPS) is 11.9. The fourth-order valence-electron chi connectivity index (χ4n) is 1.79. The lowest BCUT2D eigenvalue weighted by Gasteiger charge is -2.25. The van der Waals surface area contributed by atoms with Crippen molar-refractivity contribution in [3.63, 3.8) is 0 Å². The predicted molar refractivity (Wildman–Crippen MR) is 68.6 cm³/mol. The number of sulfonamides is 1. The van der Waals surface area contributed by atoms with Gasteiger partial charge in [0, 0.05) is 25.8 Å². The number of hydrogen-bond donors (Lipinski definition) is 1. The highest BCUT2D eigenvalue weighted by Gasteiger charge is 2.22. The fraction of sp³-hybridized carbons (Fsp3) is 0.545. The number of aromatic nitrogens is 1. The predicted octanol–water partition coefficient (Wildman–Crippen LogP) is 0.543. The maximum absolute atomic E-state index is 12.2. The van der Waals surface area contributed by atoms with Crippen molar-refractivity contribution in [1.29, 1.82) is 0 Å². The van der Waals surface area contributed by atoms with Crippen molar-refractivity contribution in [3.05, 3.63) is 18.0 Å². The summed E-state index contributed by atoms with van der Waals surface area (Å²) in [5.41, 5.74) is 0.314. The van der Waals surface area contributed by atoms with Crippen LogP contribution in [0.1, 0.15) is 31.3 Å². The van der Waals surface area contributed by atoms with Crippen molar-refractivity contribution in [2.45, 2.75) is 31.7 Å². The van der Waals surface area contributed by atoms with E-state index >= 15 is 0 Å². The van der Waals surface area contributed by atoms with Gasteiger partial charge >= 0.3 is 0 Å². The van der Waals surface area contributed by atoms with Gasteiger partial charge in [0.1, 0.15) is 10.6 Å². The monoisotopic (exact) mass is 273 g/mol. The first-order valence-corrected chi connectivity index (χ1v) is 7.23. The lowest BCUT2D eigenvalue weighted by Crippen LogP contribution is -2.37. The molecule has 7 heteroatoms. The number of hydrogen-bond acceptors (Lipinski definition) is 3. The molecule has 1 aromatic heterocycles. The standard InChI is InChI=1S/C11H19N3O3S/c1-5-14(8(2)3)11(15)10-6-9(7-13(10)4)18(12,16)17/h6-8H,5H2,1-4H3,(H2,12,16,17). The van der Waals surface area contributed by atoms with E-state index < -0.39 is 10.0 Å². The molecule has 18 heavy (non-hydrogen) atoms. The molecule has 0 radical (unpaired) electrons. The van der Waals surface area contributed by atoms with E-state index in [0.717, 1.165) is 0 Å². The van der Waals surface area contributed by atoms with Crippen LogP contribution >= 0.6 is 0 Å². The maximum Gasteiger partial charge on any atom is 0.270 e. The summed E-state index contributed by atoms with van der Waals surface area (Å²) in [4.78, 5) is 13.9. The van der Waals surface area contributed by atoms with Crippen LogP contribution in [0.15, 0.2) is 17.2 Å². The molecule has 0 saturated heterocycles. The summed E-state index contributed by atoms with van der Waals surface area (Å²) in [7, 11) is -2.16. The molecule has 0 fully saturated rings. The zero-order valence-corrected chi connectivity index (χ0v) is 11.9. The average molecular weight is 273 g/mol. The lowest BCUT2D eigenvalue weighted by atomic mass is 10.2. The van der Waals surface area contributed by atoms with E-state index in [4.69, 9.17) is 5.14 Å². The van der Waals surface area contributed by atoms with Gasteiger partial charge in [0.15, 0.2) is 0 Å². The van der Waals surface area contributed by atoms with Gasteiger partial charge in [-0.1, -0.05) is 0 Å². The smallest absolute Gasteiger partial charge is 0.270 e. The summed E-state index contributed by atoms with van der Waals surface area (Å²) >= 11 is 0. The first kappa shape index (κ1) is 14.7. The summed E-state index contributed by atoms with van der Waals surface area (Å²) in [6.45, 7) is 6.25. The van der Waals surface area contributed by atoms with Gasteiger partial charge in [0.2, 0.25) is 10.0 Å². The molecule has 0 aliphatic carbocycles. The van der Waals surface area contributed by atoms with E-state index in [1.165, 1.54) is 16.8 Å². The Hall–Kier alpha value is -1.34. The van der Waals surface area contributed by atoms with E-state index in [-0.39, 0.29) is 16.8 Å². The molecule has 0 saturated carbocycles. The molecule has 1 aromatic rings. The summed E-state index contributed by atoms with van der Waals surface area (Å²) < 4.78 is 23.9. The Morgan fingerprint density at radius 2 is 2.06 bits per heavy atom. The fourth-order valence-corrected chi connectivity index (χ4v) is 2.37. The van der Waals surface area contributed by atoms with Crippen LogP contribution in [0.25, 0.3) is 0 Å². The van der Waals surface area contributed by atoms with Crippen molar-refractivity contribution < 1.29 is 13.2 Å². The van der Waals surface area contributed by atoms with E-state index in [0.29, 0.717) is 12.2 Å². The van der Waals surface area contributed by atoms with Crippen molar-refractivity contribution in [3.8, 4) is 0 Å². The van der Waals surface area contributed by atoms with Crippen molar-refractivity contribution in [2.75, 3.05) is 6.54 Å². The molecule has 102 valence electrons. The Kier molecular flexibility index (Phi) is 4.18. The number of rotatable bonds is 4. The zero-order chi connectivity index (χ0) is 14.1. The highest BCUT2D eigenvalue weighted by molar-refractivity contribution is 7.89. The van der Waals surface area contributed by atoms with Gasteiger partial charge < -0.3 is 9.47 Å². The highest BCUT2D eigenvalue weighted by Crippen LogP contribution is 2.15. The number of nitrogens with two attached hydrogens (primary N) is 1. The molecule has 0 aliphatic heterocycles. The van der Waals surface area contributed by atoms with Crippen LogP contribution in [0.4, 0.5) is 0 Å². The van der Waals surface area contributed by atoms with E-state index in [1.54, 1.807) is 11.9 Å². The SMILES string of the molecule is CCN(C(=O)c1cc(S(N)(=O)=O)cn1C)C(C)C. The number of aryl methyl sites for hydroxylation is 1. The summed E-state index contributed by atoms with van der Waals surface area (Å²) in [6.07, 6.45) is 1.34. The largest absolute Gasteiger partial charge is 0.345 e. The minimum Gasteiger partial charge on any atom is -0.345 e. The number of primary sulfonamides is 1. The third-order valence-electron chi connectivity index (χ3n) is 2.75. The van der Waals surface area contributed by atoms with E-state index in [2.05, 4.69) is 0 Å². The minimum atomic E-state index is -3.78. The van der Waals surface area contributed by atoms with E-state index in [9.17, 15) is 13.2 Å². The molecule has 1 amide bonds. The van der Waals surface area contributed by atoms with Crippen LogP contribution in [-0.2, 0) is 17.1 Å². The van der Waals surface area contributed by atoms with Crippen LogP contribution in [0, 0.1) is 0 Å². The molecule has 0 aromatic carbocycles. The third kappa shape index (κ3) is 2.91. The minimum absolute atomic E-state index is 0.0480. The third-order valence-corrected chi connectivity index (χ3v) is 3.63. The van der Waals surface area contributed by atoms with Crippen LogP contribution in [0.3, 0.4) is 0 Å². The van der Waals surface area contributed by atoms with Crippen LogP contribution in [0.5, 0.6) is 0 Å². The second-order valence-corrected chi connectivity index (χ2v) is 5.96. The van der Waals surface area contributed by atoms with Gasteiger partial charge in [0.05, 0.1) is 0 Å². The maximum atomic E-state index is 12.2. The van der Waals surface area contributed by atoms with Gasteiger partial charge in [-0.25, -0.2) is 13.6 Å². The van der Waals surface area contributed by atoms with Crippen LogP contribution < -0.4 is 5.14 Å². The molecule has 0 atom stereocenters. The van der Waals surface area contributed by atoms with E-state index in [1.807, 2.05) is 20.8 Å². The molecule has 0 bridgehead atoms. The number of amides is 1. The highest BCUT2D eigenvalue weighted by atomic mass is 32.2. The quantitative estimate of drug-likeness (QED) is 0.869. The number of carbonyl (C=O) groups excluding carboxylic acids is 1. The van der Waals surface area contributed by atoms with Crippen molar-refractivity contribution in [2.24, 2.45) is 12.2 Å². The number of nitrogens with zero attached hydrogens (tertiary/aromatic N) is 2. The Labute approximate surface area is 107 Å². The molecule has 0 aliphatic rings. The molecular weight excluding hydrogens is 254 g/mol. The van der Waals surface area contributed by atoms with Gasteiger partial charge in [-0.05, 0) is 26.8 Å². The first-order chi connectivity index (χ1) is 8.18. The van der Waals surface area contributed by atoms with Crippen molar-refractivity contribution in [1.82, 2.24) is 9.47 Å². The average Bonchev–Trinajstić information content (AvgIpc) is 2.60. The van der Waals surface area contributed by atoms with Crippen molar-refractivity contribution >= 4 is 15.9 Å². The second-order valence-electron chi connectivity index (χ2n) is 4.40. The van der Waals surface area contributed by atoms with Gasteiger partial charge in [-0.2, -0.15) is 0 Å². The summed E-state index contributed by atoms with van der Waals surface area (Å²) in [5.74, 6) is -0.204. The Bertz CT molecular complexity index is 546. The zero-order valence-electron chi connectivity index (χ0n) is 11.0. The molecule has 6 nitrogen and oxygen atoms in total. The topological polar surface area (TPSA) is 85.4 Å². The molecular formula is C11H19N3O3S. The summed E-state index contributed by atoms with van der Waals surface area (Å²) in [5, 5.41) is 5.04. The molecule has 1 rings (SSSR count). The molecule has 0 spiro atoms. The molecule has 2 N–H and O–H groups in total. The Morgan fingerprint density at radius 1 is 1.50 bits per heavy atom. The van der Waals surface area contributed by atoms with Crippen LogP contribution in [-0.4, -0.2) is 36.4 Å². The summed E-state index contributed by atoms with van der Waals surface area (Å²) in [6, 6.07) is 1.36.